The van der Waals surface area contributed by atoms with Crippen LogP contribution in [0.5, 0.6) is 0 Å². The topological polar surface area (TPSA) is 66.5 Å². The fourth-order valence-electron chi connectivity index (χ4n) is 3.05. The number of thioether (sulfide) groups is 1. The molecule has 3 rings (SSSR count). The number of carbonyl (C=O) groups is 1. The third kappa shape index (κ3) is 5.56. The molecular formula is C20H23FN2O3S2. The Morgan fingerprint density at radius 3 is 2.46 bits per heavy atom. The molecule has 2 aromatic rings. The third-order valence-electron chi connectivity index (χ3n) is 4.48. The van der Waals surface area contributed by atoms with Crippen molar-refractivity contribution in [1.29, 1.82) is 0 Å². The van der Waals surface area contributed by atoms with E-state index >= 15 is 0 Å². The number of piperidine rings is 1. The van der Waals surface area contributed by atoms with Crippen LogP contribution in [0, 0.1) is 5.82 Å². The summed E-state index contributed by atoms with van der Waals surface area (Å²) in [6.07, 6.45) is 2.84. The molecule has 0 unspecified atom stereocenters. The van der Waals surface area contributed by atoms with Crippen molar-refractivity contribution in [1.82, 2.24) is 4.31 Å². The van der Waals surface area contributed by atoms with E-state index in [-0.39, 0.29) is 22.4 Å². The lowest BCUT2D eigenvalue weighted by Gasteiger charge is -2.25. The molecule has 0 spiro atoms. The van der Waals surface area contributed by atoms with Crippen LogP contribution < -0.4 is 5.32 Å². The summed E-state index contributed by atoms with van der Waals surface area (Å²) in [6, 6.07) is 12.6. The van der Waals surface area contributed by atoms with Crippen molar-refractivity contribution in [3.63, 3.8) is 0 Å². The molecule has 1 fully saturated rings. The normalized spacial score (nSPS) is 15.3. The fraction of sp³-hybridized carbons (Fsp3) is 0.350. The number of sulfonamides is 1. The lowest BCUT2D eigenvalue weighted by Crippen LogP contribution is -2.35. The summed E-state index contributed by atoms with van der Waals surface area (Å²) in [7, 11) is -3.47. The molecule has 5 nitrogen and oxygen atoms in total. The molecule has 0 bridgehead atoms. The second-order valence-electron chi connectivity index (χ2n) is 6.66. The van der Waals surface area contributed by atoms with Crippen molar-refractivity contribution < 1.29 is 17.6 Å². The Morgan fingerprint density at radius 1 is 1.07 bits per heavy atom. The summed E-state index contributed by atoms with van der Waals surface area (Å²) in [4.78, 5) is 12.3. The average molecular weight is 423 g/mol. The first-order valence-electron chi connectivity index (χ1n) is 9.17. The predicted molar refractivity (Wildman–Crippen MR) is 110 cm³/mol. The van der Waals surface area contributed by atoms with Gasteiger partial charge in [0.05, 0.1) is 10.6 Å². The van der Waals surface area contributed by atoms with Crippen molar-refractivity contribution in [3.8, 4) is 0 Å². The molecule has 1 N–H and O–H groups in total. The van der Waals surface area contributed by atoms with Gasteiger partial charge in [0.2, 0.25) is 15.9 Å². The van der Waals surface area contributed by atoms with Crippen LogP contribution in [0.3, 0.4) is 0 Å². The predicted octanol–water partition coefficient (Wildman–Crippen LogP) is 3.87. The molecule has 0 aromatic heterocycles. The lowest BCUT2D eigenvalue weighted by atomic mass is 10.2. The number of hydrogen-bond donors (Lipinski definition) is 1. The highest BCUT2D eigenvalue weighted by atomic mass is 32.2. The van der Waals surface area contributed by atoms with Gasteiger partial charge in [-0.3, -0.25) is 4.79 Å². The van der Waals surface area contributed by atoms with Crippen molar-refractivity contribution in [3.05, 3.63) is 59.9 Å². The van der Waals surface area contributed by atoms with Gasteiger partial charge in [-0.2, -0.15) is 4.31 Å². The highest BCUT2D eigenvalue weighted by Gasteiger charge is 2.25. The smallest absolute Gasteiger partial charge is 0.243 e. The van der Waals surface area contributed by atoms with Crippen LogP contribution in [-0.2, 0) is 20.6 Å². The third-order valence-corrected chi connectivity index (χ3v) is 7.40. The number of hydrogen-bond acceptors (Lipinski definition) is 4. The highest BCUT2D eigenvalue weighted by Crippen LogP contribution is 2.22. The van der Waals surface area contributed by atoms with Crippen molar-refractivity contribution in [2.24, 2.45) is 0 Å². The van der Waals surface area contributed by atoms with E-state index in [1.54, 1.807) is 18.2 Å². The van der Waals surface area contributed by atoms with Crippen molar-refractivity contribution >= 4 is 33.4 Å². The zero-order valence-corrected chi connectivity index (χ0v) is 17.1. The number of carbonyl (C=O) groups excluding carboxylic acids is 1. The minimum absolute atomic E-state index is 0.187. The Balaban J connectivity index is 1.51. The Hall–Kier alpha value is -1.90. The summed E-state index contributed by atoms with van der Waals surface area (Å²) >= 11 is 1.39. The first-order valence-corrected chi connectivity index (χ1v) is 11.8. The van der Waals surface area contributed by atoms with E-state index in [1.165, 1.54) is 40.3 Å². The molecule has 0 atom stereocenters. The van der Waals surface area contributed by atoms with Gasteiger partial charge in [0.1, 0.15) is 5.82 Å². The maximum atomic E-state index is 13.1. The molecular weight excluding hydrogens is 399 g/mol. The molecule has 28 heavy (non-hydrogen) atoms. The van der Waals surface area contributed by atoms with Crippen LogP contribution in [-0.4, -0.2) is 37.5 Å². The Morgan fingerprint density at radius 2 is 1.79 bits per heavy atom. The van der Waals surface area contributed by atoms with E-state index in [2.05, 4.69) is 5.32 Å². The second kappa shape index (κ2) is 9.54. The zero-order valence-electron chi connectivity index (χ0n) is 15.4. The number of nitrogens with one attached hydrogen (secondary N) is 1. The molecule has 1 aliphatic heterocycles. The molecule has 0 radical (unpaired) electrons. The molecule has 1 saturated heterocycles. The van der Waals surface area contributed by atoms with E-state index in [1.807, 2.05) is 6.07 Å². The van der Waals surface area contributed by atoms with E-state index < -0.39 is 10.0 Å². The van der Waals surface area contributed by atoms with Crippen LogP contribution in [0.15, 0.2) is 53.4 Å². The van der Waals surface area contributed by atoms with E-state index in [9.17, 15) is 17.6 Å². The van der Waals surface area contributed by atoms with Gasteiger partial charge in [0, 0.05) is 24.5 Å². The minimum Gasteiger partial charge on any atom is -0.325 e. The Bertz CT molecular complexity index is 911. The molecule has 1 heterocycles. The SMILES string of the molecule is O=C(CSCc1cccc(F)c1)Nc1ccc(S(=O)(=O)N2CCCCC2)cc1. The van der Waals surface area contributed by atoms with Gasteiger partial charge in [-0.05, 0) is 54.8 Å². The first kappa shape index (κ1) is 20.8. The average Bonchev–Trinajstić information content (AvgIpc) is 2.69. The van der Waals surface area contributed by atoms with Gasteiger partial charge >= 0.3 is 0 Å². The molecule has 150 valence electrons. The summed E-state index contributed by atoms with van der Waals surface area (Å²) in [5.74, 6) is 0.290. The number of anilines is 1. The quantitative estimate of drug-likeness (QED) is 0.736. The standard InChI is InChI=1S/C20H23FN2O3S2/c21-17-6-4-5-16(13-17)14-27-15-20(24)22-18-7-9-19(10-8-18)28(25,26)23-11-2-1-3-12-23/h4-10,13H,1-3,11-12,14-15H2,(H,22,24). The Labute approximate surface area is 169 Å². The Kier molecular flexibility index (Phi) is 7.09. The van der Waals surface area contributed by atoms with Gasteiger partial charge < -0.3 is 5.32 Å². The van der Waals surface area contributed by atoms with Crippen LogP contribution in [0.2, 0.25) is 0 Å². The maximum absolute atomic E-state index is 13.1. The van der Waals surface area contributed by atoms with E-state index in [0.717, 1.165) is 24.8 Å². The van der Waals surface area contributed by atoms with Crippen LogP contribution in [0.1, 0.15) is 24.8 Å². The lowest BCUT2D eigenvalue weighted by molar-refractivity contribution is -0.113. The van der Waals surface area contributed by atoms with Gasteiger partial charge in [-0.1, -0.05) is 18.6 Å². The summed E-state index contributed by atoms with van der Waals surface area (Å²) < 4.78 is 39.9. The molecule has 0 saturated carbocycles. The van der Waals surface area contributed by atoms with E-state index in [0.29, 0.717) is 24.5 Å². The van der Waals surface area contributed by atoms with E-state index in [4.69, 9.17) is 0 Å². The number of halogens is 1. The monoisotopic (exact) mass is 422 g/mol. The molecule has 1 aliphatic rings. The largest absolute Gasteiger partial charge is 0.325 e. The van der Waals surface area contributed by atoms with Gasteiger partial charge in [0.15, 0.2) is 0 Å². The summed E-state index contributed by atoms with van der Waals surface area (Å²) in [6.45, 7) is 1.12. The molecule has 8 heteroatoms. The highest BCUT2D eigenvalue weighted by molar-refractivity contribution is 7.99. The second-order valence-corrected chi connectivity index (χ2v) is 9.58. The van der Waals surface area contributed by atoms with Gasteiger partial charge in [-0.25, -0.2) is 12.8 Å². The van der Waals surface area contributed by atoms with Crippen molar-refractivity contribution in [2.75, 3.05) is 24.2 Å². The molecule has 1 amide bonds. The zero-order chi connectivity index (χ0) is 20.0. The van der Waals surface area contributed by atoms with Gasteiger partial charge in [0.25, 0.3) is 0 Å². The van der Waals surface area contributed by atoms with Crippen LogP contribution in [0.25, 0.3) is 0 Å². The van der Waals surface area contributed by atoms with Crippen LogP contribution >= 0.6 is 11.8 Å². The van der Waals surface area contributed by atoms with Crippen molar-refractivity contribution in [2.45, 2.75) is 29.9 Å². The fourth-order valence-corrected chi connectivity index (χ4v) is 5.34. The van der Waals surface area contributed by atoms with Crippen LogP contribution in [0.4, 0.5) is 10.1 Å². The van der Waals surface area contributed by atoms with Gasteiger partial charge in [-0.15, -0.1) is 11.8 Å². The maximum Gasteiger partial charge on any atom is 0.243 e. The molecule has 0 aliphatic carbocycles. The number of benzene rings is 2. The first-order chi connectivity index (χ1) is 13.4. The number of amides is 1. The summed E-state index contributed by atoms with van der Waals surface area (Å²) in [5, 5.41) is 2.76. The summed E-state index contributed by atoms with van der Waals surface area (Å²) in [5.41, 5.74) is 1.37. The number of nitrogens with zero attached hydrogens (tertiary/aromatic N) is 1. The minimum atomic E-state index is -3.47. The number of rotatable bonds is 7. The molecule has 2 aromatic carbocycles.